The molecule has 0 atom stereocenters. The molecule has 0 unspecified atom stereocenters. The summed E-state index contributed by atoms with van der Waals surface area (Å²) in [5, 5.41) is 17.5. The Hall–Kier alpha value is -1.30. The summed E-state index contributed by atoms with van der Waals surface area (Å²) in [6.45, 7) is -0.856. The fraction of sp³-hybridized carbons (Fsp3) is 0.286. The van der Waals surface area contributed by atoms with Crippen LogP contribution in [0.25, 0.3) is 0 Å². The number of rotatable bonds is 2. The van der Waals surface area contributed by atoms with Gasteiger partial charge in [-0.1, -0.05) is 0 Å². The Morgan fingerprint density at radius 1 is 1.46 bits per heavy atom. The average molecular weight is 193 g/mol. The first-order valence-electron chi connectivity index (χ1n) is 3.33. The maximum Gasteiger partial charge on any atom is 0.268 e. The number of nitrogens with zero attached hydrogens (tertiary/aromatic N) is 1. The van der Waals surface area contributed by atoms with Crippen LogP contribution in [-0.2, 0) is 6.61 Å². The van der Waals surface area contributed by atoms with Gasteiger partial charge in [0.2, 0.25) is 5.95 Å². The number of aromatic nitrogens is 1. The molecule has 1 rings (SSSR count). The van der Waals surface area contributed by atoms with Crippen molar-refractivity contribution in [1.82, 2.24) is 4.98 Å². The van der Waals surface area contributed by atoms with Crippen molar-refractivity contribution < 1.29 is 23.4 Å². The predicted octanol–water partition coefficient (Wildman–Crippen LogP) is 1.36. The number of aromatic hydroxyl groups is 1. The number of hydrogen-bond donors (Lipinski definition) is 2. The van der Waals surface area contributed by atoms with E-state index in [-0.39, 0.29) is 0 Å². The molecule has 0 aliphatic rings. The van der Waals surface area contributed by atoms with Crippen LogP contribution in [0.3, 0.4) is 0 Å². The monoisotopic (exact) mass is 193 g/mol. The SMILES string of the molecule is OCc1c(O)cnc(F)c1C(F)F. The molecule has 0 saturated heterocycles. The Kier molecular flexibility index (Phi) is 2.72. The summed E-state index contributed by atoms with van der Waals surface area (Å²) in [6, 6.07) is 0. The van der Waals surface area contributed by atoms with Crippen LogP contribution in [0.2, 0.25) is 0 Å². The first-order valence-corrected chi connectivity index (χ1v) is 3.33. The summed E-state index contributed by atoms with van der Waals surface area (Å²) in [5.74, 6) is -2.02. The molecular formula is C7H6F3NO2. The van der Waals surface area contributed by atoms with E-state index in [0.717, 1.165) is 0 Å². The van der Waals surface area contributed by atoms with E-state index in [1.54, 1.807) is 0 Å². The highest BCUT2D eigenvalue weighted by molar-refractivity contribution is 5.36. The van der Waals surface area contributed by atoms with Crippen LogP contribution in [0.1, 0.15) is 17.6 Å². The molecule has 0 amide bonds. The Balaban J connectivity index is 3.35. The minimum absolute atomic E-state index is 0.525. The summed E-state index contributed by atoms with van der Waals surface area (Å²) < 4.78 is 37.0. The fourth-order valence-corrected chi connectivity index (χ4v) is 0.916. The number of hydrogen-bond acceptors (Lipinski definition) is 3. The highest BCUT2D eigenvalue weighted by Gasteiger charge is 2.21. The zero-order chi connectivity index (χ0) is 10.0. The first kappa shape index (κ1) is 9.79. The van der Waals surface area contributed by atoms with Crippen LogP contribution >= 0.6 is 0 Å². The average Bonchev–Trinajstić information content (AvgIpc) is 2.07. The van der Waals surface area contributed by atoms with Gasteiger partial charge in [0.15, 0.2) is 0 Å². The number of aliphatic hydroxyl groups excluding tert-OH is 1. The normalized spacial score (nSPS) is 10.8. The molecule has 0 bridgehead atoms. The van der Waals surface area contributed by atoms with E-state index in [0.29, 0.717) is 6.20 Å². The van der Waals surface area contributed by atoms with Crippen molar-refractivity contribution in [2.45, 2.75) is 13.0 Å². The van der Waals surface area contributed by atoms with Gasteiger partial charge in [-0.05, 0) is 0 Å². The highest BCUT2D eigenvalue weighted by Crippen LogP contribution is 2.29. The zero-order valence-corrected chi connectivity index (χ0v) is 6.34. The predicted molar refractivity (Wildman–Crippen MR) is 36.7 cm³/mol. The van der Waals surface area contributed by atoms with Crippen LogP contribution in [0.4, 0.5) is 13.2 Å². The number of halogens is 3. The van der Waals surface area contributed by atoms with E-state index in [4.69, 9.17) is 10.2 Å². The third kappa shape index (κ3) is 1.72. The second-order valence-electron chi connectivity index (χ2n) is 2.29. The molecule has 0 radical (unpaired) electrons. The summed E-state index contributed by atoms with van der Waals surface area (Å²) >= 11 is 0. The van der Waals surface area contributed by atoms with Crippen molar-refractivity contribution >= 4 is 0 Å². The van der Waals surface area contributed by atoms with Gasteiger partial charge in [0, 0.05) is 5.56 Å². The number of alkyl halides is 2. The lowest BCUT2D eigenvalue weighted by molar-refractivity contribution is 0.139. The van der Waals surface area contributed by atoms with Gasteiger partial charge in [0.25, 0.3) is 6.43 Å². The molecule has 3 nitrogen and oxygen atoms in total. The number of pyridine rings is 1. The largest absolute Gasteiger partial charge is 0.506 e. The van der Waals surface area contributed by atoms with E-state index < -0.39 is 35.9 Å². The Labute approximate surface area is 71.5 Å². The standard InChI is InChI=1S/C7H6F3NO2/c8-6(9)5-3(2-12)4(13)1-11-7(5)10/h1,6,12-13H,2H2. The maximum absolute atomic E-state index is 12.7. The second-order valence-corrected chi connectivity index (χ2v) is 2.29. The van der Waals surface area contributed by atoms with E-state index in [2.05, 4.69) is 4.98 Å². The van der Waals surface area contributed by atoms with Crippen molar-refractivity contribution in [3.8, 4) is 5.75 Å². The van der Waals surface area contributed by atoms with Gasteiger partial charge >= 0.3 is 0 Å². The molecular weight excluding hydrogens is 187 g/mol. The summed E-state index contributed by atoms with van der Waals surface area (Å²) in [6.07, 6.45) is -2.44. The minimum Gasteiger partial charge on any atom is -0.506 e. The quantitative estimate of drug-likeness (QED) is 0.697. The summed E-state index contributed by atoms with van der Waals surface area (Å²) in [5.41, 5.74) is -1.58. The smallest absolute Gasteiger partial charge is 0.268 e. The van der Waals surface area contributed by atoms with Crippen LogP contribution < -0.4 is 0 Å². The third-order valence-corrected chi connectivity index (χ3v) is 1.53. The van der Waals surface area contributed by atoms with E-state index in [9.17, 15) is 13.2 Å². The van der Waals surface area contributed by atoms with Crippen LogP contribution in [0, 0.1) is 5.95 Å². The molecule has 1 heterocycles. The van der Waals surface area contributed by atoms with Gasteiger partial charge in [-0.2, -0.15) is 4.39 Å². The lowest BCUT2D eigenvalue weighted by atomic mass is 10.1. The van der Waals surface area contributed by atoms with E-state index in [1.165, 1.54) is 0 Å². The molecule has 2 N–H and O–H groups in total. The Morgan fingerprint density at radius 2 is 2.08 bits per heavy atom. The molecule has 13 heavy (non-hydrogen) atoms. The minimum atomic E-state index is -3.11. The van der Waals surface area contributed by atoms with Crippen molar-refractivity contribution in [3.63, 3.8) is 0 Å². The third-order valence-electron chi connectivity index (χ3n) is 1.53. The van der Waals surface area contributed by atoms with Crippen LogP contribution in [0.5, 0.6) is 5.75 Å². The molecule has 0 aliphatic heterocycles. The van der Waals surface area contributed by atoms with E-state index in [1.807, 2.05) is 0 Å². The Morgan fingerprint density at radius 3 is 2.46 bits per heavy atom. The van der Waals surface area contributed by atoms with Gasteiger partial charge in [-0.15, -0.1) is 0 Å². The topological polar surface area (TPSA) is 53.4 Å². The molecule has 72 valence electrons. The first-order chi connectivity index (χ1) is 6.07. The molecule has 0 aliphatic carbocycles. The lowest BCUT2D eigenvalue weighted by Crippen LogP contribution is -2.01. The molecule has 0 aromatic carbocycles. The molecule has 0 fully saturated rings. The number of aliphatic hydroxyl groups is 1. The molecule has 0 spiro atoms. The van der Waals surface area contributed by atoms with Crippen molar-refractivity contribution in [3.05, 3.63) is 23.3 Å². The lowest BCUT2D eigenvalue weighted by Gasteiger charge is -2.07. The van der Waals surface area contributed by atoms with Crippen LogP contribution in [-0.4, -0.2) is 15.2 Å². The Bertz CT molecular complexity index is 317. The van der Waals surface area contributed by atoms with Gasteiger partial charge in [-0.3, -0.25) is 0 Å². The van der Waals surface area contributed by atoms with Gasteiger partial charge in [0.05, 0.1) is 18.4 Å². The highest BCUT2D eigenvalue weighted by atomic mass is 19.3. The van der Waals surface area contributed by atoms with Crippen molar-refractivity contribution in [1.29, 1.82) is 0 Å². The van der Waals surface area contributed by atoms with Gasteiger partial charge in [0.1, 0.15) is 5.75 Å². The van der Waals surface area contributed by atoms with Crippen molar-refractivity contribution in [2.75, 3.05) is 0 Å². The molecule has 6 heteroatoms. The maximum atomic E-state index is 12.7. The molecule has 1 aromatic heterocycles. The summed E-state index contributed by atoms with van der Waals surface area (Å²) in [4.78, 5) is 2.90. The van der Waals surface area contributed by atoms with Gasteiger partial charge < -0.3 is 10.2 Å². The van der Waals surface area contributed by atoms with Gasteiger partial charge in [-0.25, -0.2) is 13.8 Å². The fourth-order valence-electron chi connectivity index (χ4n) is 0.916. The molecule has 0 saturated carbocycles. The second kappa shape index (κ2) is 3.61. The summed E-state index contributed by atoms with van der Waals surface area (Å²) in [7, 11) is 0. The zero-order valence-electron chi connectivity index (χ0n) is 6.34. The van der Waals surface area contributed by atoms with E-state index >= 15 is 0 Å². The molecule has 1 aromatic rings. The van der Waals surface area contributed by atoms with Crippen LogP contribution in [0.15, 0.2) is 6.20 Å². The van der Waals surface area contributed by atoms with Crippen molar-refractivity contribution in [2.24, 2.45) is 0 Å².